The highest BCUT2D eigenvalue weighted by Gasteiger charge is 2.15. The molecule has 2 rings (SSSR count). The summed E-state index contributed by atoms with van der Waals surface area (Å²) in [5.74, 6) is 0. The third kappa shape index (κ3) is 5.06. The molecule has 120 valence electrons. The number of nitrogens with zero attached hydrogens (tertiary/aromatic N) is 1. The molecule has 0 radical (unpaired) electrons. The molecular formula is C18H28N4. The first-order chi connectivity index (χ1) is 10.3. The zero-order chi connectivity index (χ0) is 16.8. The van der Waals surface area contributed by atoms with Gasteiger partial charge >= 0.3 is 0 Å². The molecule has 0 aliphatic carbocycles. The van der Waals surface area contributed by atoms with Crippen molar-refractivity contribution in [2.75, 3.05) is 31.4 Å². The summed E-state index contributed by atoms with van der Waals surface area (Å²) in [7, 11) is 6.01. The van der Waals surface area contributed by atoms with Crippen LogP contribution in [0.5, 0.6) is 0 Å². The van der Waals surface area contributed by atoms with Gasteiger partial charge in [-0.1, -0.05) is 36.4 Å². The van der Waals surface area contributed by atoms with Crippen LogP contribution in [0.3, 0.4) is 0 Å². The van der Waals surface area contributed by atoms with Crippen LogP contribution in [0.25, 0.3) is 0 Å². The molecule has 0 saturated heterocycles. The first-order valence-corrected chi connectivity index (χ1v) is 7.35. The van der Waals surface area contributed by atoms with Crippen LogP contribution in [0.4, 0.5) is 11.4 Å². The molecule has 0 atom stereocenters. The molecule has 2 aromatic rings. The SMILES string of the molecule is CNc1ccccc1N(C)C.Cc1ccccc1C(C)(N)N. The number of hydrogen-bond donors (Lipinski definition) is 3. The second kappa shape index (κ2) is 7.82. The Morgan fingerprint density at radius 1 is 0.955 bits per heavy atom. The van der Waals surface area contributed by atoms with Crippen molar-refractivity contribution in [2.45, 2.75) is 19.5 Å². The van der Waals surface area contributed by atoms with Gasteiger partial charge in [0.15, 0.2) is 0 Å². The molecule has 4 nitrogen and oxygen atoms in total. The molecule has 0 bridgehead atoms. The van der Waals surface area contributed by atoms with Crippen molar-refractivity contribution in [1.29, 1.82) is 0 Å². The molecule has 22 heavy (non-hydrogen) atoms. The van der Waals surface area contributed by atoms with Crippen molar-refractivity contribution >= 4 is 11.4 Å². The number of nitrogens with one attached hydrogen (secondary N) is 1. The normalized spacial score (nSPS) is 10.5. The van der Waals surface area contributed by atoms with E-state index in [1.54, 1.807) is 6.92 Å². The smallest absolute Gasteiger partial charge is 0.0872 e. The van der Waals surface area contributed by atoms with E-state index in [-0.39, 0.29) is 0 Å². The second-order valence-electron chi connectivity index (χ2n) is 5.76. The lowest BCUT2D eigenvalue weighted by Crippen LogP contribution is -2.43. The maximum atomic E-state index is 5.74. The van der Waals surface area contributed by atoms with E-state index in [1.165, 1.54) is 5.69 Å². The number of anilines is 2. The zero-order valence-corrected chi connectivity index (χ0v) is 14.2. The van der Waals surface area contributed by atoms with E-state index >= 15 is 0 Å². The molecule has 0 saturated carbocycles. The Balaban J connectivity index is 0.000000220. The molecule has 0 amide bonds. The van der Waals surface area contributed by atoms with Crippen molar-refractivity contribution in [3.63, 3.8) is 0 Å². The topological polar surface area (TPSA) is 67.3 Å². The summed E-state index contributed by atoms with van der Waals surface area (Å²) in [6, 6.07) is 16.1. The van der Waals surface area contributed by atoms with Gasteiger partial charge in [-0.25, -0.2) is 0 Å². The third-order valence-corrected chi connectivity index (χ3v) is 3.38. The number of benzene rings is 2. The minimum Gasteiger partial charge on any atom is -0.386 e. The monoisotopic (exact) mass is 300 g/mol. The van der Waals surface area contributed by atoms with Crippen LogP contribution in [-0.4, -0.2) is 21.1 Å². The first-order valence-electron chi connectivity index (χ1n) is 7.35. The second-order valence-corrected chi connectivity index (χ2v) is 5.76. The van der Waals surface area contributed by atoms with E-state index in [9.17, 15) is 0 Å². The van der Waals surface area contributed by atoms with Crippen LogP contribution in [0, 0.1) is 6.92 Å². The van der Waals surface area contributed by atoms with Gasteiger partial charge in [0.25, 0.3) is 0 Å². The molecule has 0 aliphatic heterocycles. The molecular weight excluding hydrogens is 272 g/mol. The molecule has 2 aromatic carbocycles. The number of para-hydroxylation sites is 2. The molecule has 4 heteroatoms. The zero-order valence-electron chi connectivity index (χ0n) is 14.2. The fraction of sp³-hybridized carbons (Fsp3) is 0.333. The lowest BCUT2D eigenvalue weighted by molar-refractivity contribution is 0.517. The van der Waals surface area contributed by atoms with Gasteiger partial charge < -0.3 is 21.7 Å². The molecule has 0 aliphatic rings. The summed E-state index contributed by atoms with van der Waals surface area (Å²) in [5, 5.41) is 3.14. The average molecular weight is 300 g/mol. The van der Waals surface area contributed by atoms with E-state index in [1.807, 2.05) is 64.5 Å². The highest BCUT2D eigenvalue weighted by atomic mass is 15.1. The number of hydrogen-bond acceptors (Lipinski definition) is 4. The Bertz CT molecular complexity index is 586. The van der Waals surface area contributed by atoms with Gasteiger partial charge in [-0.15, -0.1) is 0 Å². The van der Waals surface area contributed by atoms with Gasteiger partial charge in [-0.3, -0.25) is 0 Å². The van der Waals surface area contributed by atoms with Crippen LogP contribution in [0.1, 0.15) is 18.1 Å². The highest BCUT2D eigenvalue weighted by molar-refractivity contribution is 5.68. The standard InChI is InChI=1S/2C9H14N2/c1-10-8-6-4-5-7-9(8)11(2)3;1-7-5-3-4-6-8(7)9(2,10)11/h4-7,10H,1-3H3;3-6H,10-11H2,1-2H3. The van der Waals surface area contributed by atoms with Gasteiger partial charge in [0.2, 0.25) is 0 Å². The van der Waals surface area contributed by atoms with Crippen LogP contribution in [0.15, 0.2) is 48.5 Å². The van der Waals surface area contributed by atoms with Gasteiger partial charge in [-0.05, 0) is 37.1 Å². The quantitative estimate of drug-likeness (QED) is 0.763. The van der Waals surface area contributed by atoms with Crippen molar-refractivity contribution in [3.8, 4) is 0 Å². The van der Waals surface area contributed by atoms with Gasteiger partial charge in [0, 0.05) is 21.1 Å². The Morgan fingerprint density at radius 3 is 1.91 bits per heavy atom. The van der Waals surface area contributed by atoms with Crippen LogP contribution >= 0.6 is 0 Å². The van der Waals surface area contributed by atoms with Crippen molar-refractivity contribution in [3.05, 3.63) is 59.7 Å². The molecule has 5 N–H and O–H groups in total. The van der Waals surface area contributed by atoms with Gasteiger partial charge in [0.05, 0.1) is 17.0 Å². The minimum absolute atomic E-state index is 0.717. The Kier molecular flexibility index (Phi) is 6.40. The third-order valence-electron chi connectivity index (χ3n) is 3.38. The molecule has 0 fully saturated rings. The maximum absolute atomic E-state index is 5.74. The van der Waals surface area contributed by atoms with Crippen molar-refractivity contribution in [1.82, 2.24) is 0 Å². The lowest BCUT2D eigenvalue weighted by atomic mass is 9.98. The Labute approximate surface area is 134 Å². The summed E-state index contributed by atoms with van der Waals surface area (Å²) in [4.78, 5) is 2.09. The fourth-order valence-corrected chi connectivity index (χ4v) is 2.25. The predicted octanol–water partition coefficient (Wildman–Crippen LogP) is 2.88. The maximum Gasteiger partial charge on any atom is 0.0872 e. The number of nitrogens with two attached hydrogens (primary N) is 2. The van der Waals surface area contributed by atoms with E-state index in [2.05, 4.69) is 22.3 Å². The van der Waals surface area contributed by atoms with Crippen LogP contribution < -0.4 is 21.7 Å². The van der Waals surface area contributed by atoms with Crippen LogP contribution in [-0.2, 0) is 5.66 Å². The summed E-state index contributed by atoms with van der Waals surface area (Å²) in [5.41, 5.74) is 15.3. The highest BCUT2D eigenvalue weighted by Crippen LogP contribution is 2.22. The minimum atomic E-state index is -0.717. The summed E-state index contributed by atoms with van der Waals surface area (Å²) in [6.45, 7) is 3.81. The molecule has 0 aromatic heterocycles. The Morgan fingerprint density at radius 2 is 1.50 bits per heavy atom. The van der Waals surface area contributed by atoms with Crippen LogP contribution in [0.2, 0.25) is 0 Å². The van der Waals surface area contributed by atoms with E-state index in [4.69, 9.17) is 11.5 Å². The van der Waals surface area contributed by atoms with E-state index in [0.717, 1.165) is 16.8 Å². The van der Waals surface area contributed by atoms with Crippen molar-refractivity contribution < 1.29 is 0 Å². The Hall–Kier alpha value is -2.04. The van der Waals surface area contributed by atoms with Gasteiger partial charge in [0.1, 0.15) is 0 Å². The number of rotatable bonds is 3. The van der Waals surface area contributed by atoms with E-state index in [0.29, 0.717) is 0 Å². The van der Waals surface area contributed by atoms with Crippen molar-refractivity contribution in [2.24, 2.45) is 11.5 Å². The molecule has 0 heterocycles. The summed E-state index contributed by atoms with van der Waals surface area (Å²) in [6.07, 6.45) is 0. The summed E-state index contributed by atoms with van der Waals surface area (Å²) >= 11 is 0. The molecule has 0 spiro atoms. The molecule has 0 unspecified atom stereocenters. The van der Waals surface area contributed by atoms with E-state index < -0.39 is 5.66 Å². The average Bonchev–Trinajstić information content (AvgIpc) is 2.47. The lowest BCUT2D eigenvalue weighted by Gasteiger charge is -2.21. The fourth-order valence-electron chi connectivity index (χ4n) is 2.25. The number of aryl methyl sites for hydroxylation is 1. The van der Waals surface area contributed by atoms with Gasteiger partial charge in [-0.2, -0.15) is 0 Å². The predicted molar refractivity (Wildman–Crippen MR) is 97.2 cm³/mol. The largest absolute Gasteiger partial charge is 0.386 e. The first kappa shape index (κ1) is 18.0. The summed E-state index contributed by atoms with van der Waals surface area (Å²) < 4.78 is 0.